The van der Waals surface area contributed by atoms with E-state index in [0.29, 0.717) is 0 Å². The summed E-state index contributed by atoms with van der Waals surface area (Å²) < 4.78 is 20.3. The van der Waals surface area contributed by atoms with E-state index >= 15 is 0 Å². The quantitative estimate of drug-likeness (QED) is 0.476. The summed E-state index contributed by atoms with van der Waals surface area (Å²) in [6.07, 6.45) is -4.02. The number of nitrogen functional groups attached to an aromatic ring is 1. The summed E-state index contributed by atoms with van der Waals surface area (Å²) in [6.45, 7) is -0.534. The van der Waals surface area contributed by atoms with E-state index in [4.69, 9.17) is 15.6 Å². The Morgan fingerprint density at radius 1 is 1.43 bits per heavy atom. The molecule has 0 amide bonds. The van der Waals surface area contributed by atoms with Crippen molar-refractivity contribution in [2.45, 2.75) is 24.5 Å². The summed E-state index contributed by atoms with van der Waals surface area (Å²) in [5.41, 5.74) is 3.78. The summed E-state index contributed by atoms with van der Waals surface area (Å²) in [4.78, 5) is 18.5. The number of aromatic nitrogens is 4. The minimum Gasteiger partial charge on any atom is -0.394 e. The Kier molecular flexibility index (Phi) is 3.13. The third kappa shape index (κ3) is 1.90. The van der Waals surface area contributed by atoms with Gasteiger partial charge in [0.2, 0.25) is 5.95 Å². The van der Waals surface area contributed by atoms with Crippen molar-refractivity contribution in [2.24, 2.45) is 0 Å². The number of fused-ring (bicyclic) bond motifs is 1. The molecule has 21 heavy (non-hydrogen) atoms. The summed E-state index contributed by atoms with van der Waals surface area (Å²) in [5, 5.41) is 28.7. The van der Waals surface area contributed by atoms with Crippen LogP contribution in [0.1, 0.15) is 6.23 Å². The maximum absolute atomic E-state index is 14.0. The van der Waals surface area contributed by atoms with E-state index in [-0.39, 0.29) is 16.0 Å². The van der Waals surface area contributed by atoms with E-state index in [1.54, 1.807) is 0 Å². The van der Waals surface area contributed by atoms with E-state index in [0.717, 1.165) is 10.9 Å². The molecule has 1 fully saturated rings. The molecule has 0 aromatic carbocycles. The molecule has 4 atom stereocenters. The number of halogens is 1. The molecule has 0 aliphatic carbocycles. The topological polar surface area (TPSA) is 149 Å². The molecule has 0 bridgehead atoms. The van der Waals surface area contributed by atoms with Gasteiger partial charge in [-0.05, 0) is 0 Å². The number of ether oxygens (including phenoxy) is 1. The minimum atomic E-state index is -1.44. The van der Waals surface area contributed by atoms with Crippen LogP contribution in [0.25, 0.3) is 11.2 Å². The Bertz CT molecular complexity index is 745. The first-order valence-corrected chi connectivity index (χ1v) is 5.99. The van der Waals surface area contributed by atoms with Gasteiger partial charge < -0.3 is 25.8 Å². The van der Waals surface area contributed by atoms with Crippen LogP contribution in [0.5, 0.6) is 0 Å². The predicted molar refractivity (Wildman–Crippen MR) is 65.7 cm³/mol. The van der Waals surface area contributed by atoms with E-state index in [2.05, 4.69) is 9.97 Å². The Hall–Kier alpha value is -2.08. The zero-order chi connectivity index (χ0) is 15.3. The number of anilines is 1. The Morgan fingerprint density at radius 2 is 2.14 bits per heavy atom. The van der Waals surface area contributed by atoms with Gasteiger partial charge in [0, 0.05) is 0 Å². The first kappa shape index (κ1) is 13.9. The summed E-state index contributed by atoms with van der Waals surface area (Å²) in [6, 6.07) is 0. The Labute approximate surface area is 115 Å². The highest BCUT2D eigenvalue weighted by molar-refractivity contribution is 5.71. The fourth-order valence-electron chi connectivity index (χ4n) is 2.31. The lowest BCUT2D eigenvalue weighted by Gasteiger charge is -2.17. The molecule has 3 rings (SSSR count). The Morgan fingerprint density at radius 3 is 2.76 bits per heavy atom. The average Bonchev–Trinajstić information content (AvgIpc) is 3.00. The van der Waals surface area contributed by atoms with Crippen LogP contribution in [0, 0.1) is 0 Å². The lowest BCUT2D eigenvalue weighted by Crippen LogP contribution is -2.33. The van der Waals surface area contributed by atoms with Crippen LogP contribution in [-0.4, -0.2) is 59.6 Å². The molecule has 0 spiro atoms. The molecule has 2 unspecified atom stereocenters. The minimum absolute atomic E-state index is 0.0710. The number of hydrogen-bond donors (Lipinski definition) is 4. The largest absolute Gasteiger partial charge is 0.394 e. The van der Waals surface area contributed by atoms with Crippen LogP contribution in [0.2, 0.25) is 0 Å². The summed E-state index contributed by atoms with van der Waals surface area (Å²) in [5.74, 6) is -0.680. The van der Waals surface area contributed by atoms with Crippen LogP contribution in [0.4, 0.5) is 10.4 Å². The molecule has 0 radical (unpaired) electrons. The monoisotopic (exact) mass is 301 g/mol. The zero-order valence-electron chi connectivity index (χ0n) is 10.5. The van der Waals surface area contributed by atoms with Crippen LogP contribution < -0.4 is 11.3 Å². The molecular formula is C10H12FN5O5. The normalized spacial score (nSPS) is 29.3. The standard InChI is InChI=1S/C10H12FN5O5/c11-16-8-4(7(20)14-10(16)12)13-2-15(8)9-6(19)5(18)3(1-17)21-9/h2-3,5-6,9,17-19H,1H2,(H2,12,14,20)/t3-,5?,6?,9-/m1/s1. The number of nitrogens with two attached hydrogens (primary N) is 1. The third-order valence-electron chi connectivity index (χ3n) is 3.36. The second-order valence-electron chi connectivity index (χ2n) is 4.61. The van der Waals surface area contributed by atoms with Gasteiger partial charge in [-0.25, -0.2) is 4.98 Å². The van der Waals surface area contributed by atoms with E-state index < -0.39 is 42.7 Å². The van der Waals surface area contributed by atoms with Crippen LogP contribution in [0.15, 0.2) is 11.1 Å². The number of imidazole rings is 1. The van der Waals surface area contributed by atoms with Crippen LogP contribution in [-0.2, 0) is 4.74 Å². The highest BCUT2D eigenvalue weighted by Gasteiger charge is 2.44. The first-order valence-electron chi connectivity index (χ1n) is 5.99. The van der Waals surface area contributed by atoms with Gasteiger partial charge in [-0.3, -0.25) is 9.36 Å². The molecule has 5 N–H and O–H groups in total. The predicted octanol–water partition coefficient (Wildman–Crippen LogP) is -2.48. The second kappa shape index (κ2) is 4.73. The van der Waals surface area contributed by atoms with Crippen molar-refractivity contribution >= 4 is 17.1 Å². The fraction of sp³-hybridized carbons (Fsp3) is 0.500. The van der Waals surface area contributed by atoms with Gasteiger partial charge in [-0.1, -0.05) is 4.48 Å². The van der Waals surface area contributed by atoms with Gasteiger partial charge in [0.05, 0.1) is 12.9 Å². The maximum Gasteiger partial charge on any atom is 0.302 e. The highest BCUT2D eigenvalue weighted by Crippen LogP contribution is 2.31. The number of nitrogens with zero attached hydrogens (tertiary/aromatic N) is 4. The molecule has 2 aromatic rings. The van der Waals surface area contributed by atoms with Gasteiger partial charge in [0.1, 0.15) is 18.3 Å². The number of aliphatic hydroxyl groups is 3. The molecule has 0 saturated carbocycles. The molecule has 1 aliphatic rings. The maximum atomic E-state index is 14.0. The van der Waals surface area contributed by atoms with Gasteiger partial charge in [0.15, 0.2) is 17.4 Å². The molecule has 11 heteroatoms. The van der Waals surface area contributed by atoms with E-state index in [1.807, 2.05) is 0 Å². The van der Waals surface area contributed by atoms with Crippen molar-refractivity contribution in [2.75, 3.05) is 12.3 Å². The van der Waals surface area contributed by atoms with Crippen molar-refractivity contribution in [3.8, 4) is 0 Å². The van der Waals surface area contributed by atoms with Crippen LogP contribution in [0.3, 0.4) is 0 Å². The van der Waals surface area contributed by atoms with Crippen molar-refractivity contribution in [3.63, 3.8) is 0 Å². The lowest BCUT2D eigenvalue weighted by molar-refractivity contribution is -0.0516. The van der Waals surface area contributed by atoms with Crippen molar-refractivity contribution in [1.82, 2.24) is 19.3 Å². The molecule has 114 valence electrons. The van der Waals surface area contributed by atoms with Crippen molar-refractivity contribution in [3.05, 3.63) is 16.7 Å². The number of rotatable bonds is 2. The van der Waals surface area contributed by atoms with Crippen molar-refractivity contribution in [1.29, 1.82) is 0 Å². The molecule has 10 nitrogen and oxygen atoms in total. The lowest BCUT2D eigenvalue weighted by atomic mass is 10.1. The average molecular weight is 301 g/mol. The smallest absolute Gasteiger partial charge is 0.302 e. The highest BCUT2D eigenvalue weighted by atomic mass is 19.2. The molecule has 3 heterocycles. The summed E-state index contributed by atoms with van der Waals surface area (Å²) >= 11 is 0. The van der Waals surface area contributed by atoms with Gasteiger partial charge in [-0.15, -0.1) is 4.79 Å². The molecule has 2 aromatic heterocycles. The summed E-state index contributed by atoms with van der Waals surface area (Å²) in [7, 11) is 0. The first-order chi connectivity index (χ1) is 9.95. The van der Waals surface area contributed by atoms with Crippen LogP contribution >= 0.6 is 0 Å². The SMILES string of the molecule is Nc1nc(=O)c2ncn([C@@H]3O[C@H](CO)C(O)C3O)c2n1F. The van der Waals surface area contributed by atoms with Gasteiger partial charge in [-0.2, -0.15) is 4.98 Å². The fourth-order valence-corrected chi connectivity index (χ4v) is 2.31. The van der Waals surface area contributed by atoms with Crippen molar-refractivity contribution < 1.29 is 24.5 Å². The molecule has 1 aliphatic heterocycles. The van der Waals surface area contributed by atoms with E-state index in [9.17, 15) is 19.5 Å². The number of aliphatic hydroxyl groups excluding tert-OH is 3. The number of hydrogen-bond acceptors (Lipinski definition) is 8. The second-order valence-corrected chi connectivity index (χ2v) is 4.61. The van der Waals surface area contributed by atoms with Gasteiger partial charge in [0.25, 0.3) is 0 Å². The molecule has 1 saturated heterocycles. The van der Waals surface area contributed by atoms with Gasteiger partial charge >= 0.3 is 5.56 Å². The van der Waals surface area contributed by atoms with E-state index in [1.165, 1.54) is 0 Å². The zero-order valence-corrected chi connectivity index (χ0v) is 10.5. The third-order valence-corrected chi connectivity index (χ3v) is 3.36. The Balaban J connectivity index is 2.16. The molecular weight excluding hydrogens is 289 g/mol.